The van der Waals surface area contributed by atoms with Gasteiger partial charge in [0.15, 0.2) is 0 Å². The molecule has 1 unspecified atom stereocenters. The summed E-state index contributed by atoms with van der Waals surface area (Å²) in [6, 6.07) is 10.9. The highest BCUT2D eigenvalue weighted by Gasteiger charge is 2.38. The highest BCUT2D eigenvalue weighted by Crippen LogP contribution is 2.27. The highest BCUT2D eigenvalue weighted by molar-refractivity contribution is 5.73. The van der Waals surface area contributed by atoms with E-state index in [-0.39, 0.29) is 0 Å². The Morgan fingerprint density at radius 2 is 1.59 bits per heavy atom. The van der Waals surface area contributed by atoms with Gasteiger partial charge in [-0.2, -0.15) is 31.4 Å². The summed E-state index contributed by atoms with van der Waals surface area (Å²) in [7, 11) is 5.99. The Labute approximate surface area is 208 Å². The Morgan fingerprint density at radius 1 is 1.05 bits per heavy atom. The number of ether oxygens (including phenoxy) is 1. The van der Waals surface area contributed by atoms with Crippen LogP contribution in [0.15, 0.2) is 36.5 Å². The fraction of sp³-hybridized carbons (Fsp3) is 0.500. The maximum Gasteiger partial charge on any atom is 0.490 e. The van der Waals surface area contributed by atoms with E-state index in [9.17, 15) is 26.3 Å². The van der Waals surface area contributed by atoms with E-state index in [1.165, 1.54) is 11.3 Å². The predicted molar refractivity (Wildman–Crippen MR) is 119 cm³/mol. The minimum atomic E-state index is -5.08. The van der Waals surface area contributed by atoms with Gasteiger partial charge in [0.2, 0.25) is 0 Å². The lowest BCUT2D eigenvalue weighted by Crippen LogP contribution is -2.38. The first-order chi connectivity index (χ1) is 17.1. The van der Waals surface area contributed by atoms with Crippen molar-refractivity contribution in [1.29, 1.82) is 0 Å². The number of nitrogens with zero attached hydrogens (tertiary/aromatic N) is 4. The lowest BCUT2D eigenvalue weighted by atomic mass is 10.1. The number of fused-ring (bicyclic) bond motifs is 1. The van der Waals surface area contributed by atoms with Crippen LogP contribution in [0, 0.1) is 0 Å². The van der Waals surface area contributed by atoms with E-state index >= 15 is 0 Å². The summed E-state index contributed by atoms with van der Waals surface area (Å²) in [5.41, 5.74) is 2.55. The minimum Gasteiger partial charge on any atom is -0.496 e. The molecule has 208 valence electrons. The summed E-state index contributed by atoms with van der Waals surface area (Å²) >= 11 is 0. The lowest BCUT2D eigenvalue weighted by molar-refractivity contribution is -0.193. The summed E-state index contributed by atoms with van der Waals surface area (Å²) in [6.45, 7) is 3.96. The molecule has 2 N–H and O–H groups in total. The number of hydrogen-bond donors (Lipinski definition) is 2. The standard InChI is InChI=1S/C18H26N4O.2C2HF3O2/c1-20(2)11-9-17-14-21(13-16-8-10-19-22(16)17)12-15-6-4-5-7-18(15)23-3;2*3-2(4,5)1(6)7/h4-8,10,17H,9,11-14H2,1-3H3;2*(H,6,7). The topological polar surface area (TPSA) is 108 Å². The number of benzene rings is 1. The molecule has 0 aliphatic carbocycles. The zero-order valence-electron chi connectivity index (χ0n) is 20.3. The molecule has 0 saturated heterocycles. The number of hydrogen-bond acceptors (Lipinski definition) is 6. The molecule has 0 spiro atoms. The van der Waals surface area contributed by atoms with Crippen LogP contribution in [0.5, 0.6) is 5.75 Å². The molecule has 1 aromatic heterocycles. The maximum absolute atomic E-state index is 10.6. The summed E-state index contributed by atoms with van der Waals surface area (Å²) < 4.78 is 71.2. The van der Waals surface area contributed by atoms with Crippen molar-refractivity contribution >= 4 is 11.9 Å². The average Bonchev–Trinajstić information content (AvgIpc) is 3.26. The zero-order chi connectivity index (χ0) is 28.4. The van der Waals surface area contributed by atoms with E-state index in [1.54, 1.807) is 7.11 Å². The molecule has 15 heteroatoms. The molecule has 9 nitrogen and oxygen atoms in total. The molecular formula is C22H28F6N4O5. The van der Waals surface area contributed by atoms with Crippen molar-refractivity contribution in [2.75, 3.05) is 34.3 Å². The van der Waals surface area contributed by atoms with Crippen LogP contribution in [0.25, 0.3) is 0 Å². The van der Waals surface area contributed by atoms with Gasteiger partial charge in [-0.15, -0.1) is 0 Å². The quantitative estimate of drug-likeness (QED) is 0.533. The molecule has 3 rings (SSSR count). The smallest absolute Gasteiger partial charge is 0.490 e. The Morgan fingerprint density at radius 3 is 2.08 bits per heavy atom. The fourth-order valence-corrected chi connectivity index (χ4v) is 3.28. The maximum atomic E-state index is 10.6. The van der Waals surface area contributed by atoms with Gasteiger partial charge in [-0.3, -0.25) is 9.58 Å². The average molecular weight is 542 g/mol. The number of carbonyl (C=O) groups is 2. The number of aliphatic carboxylic acids is 2. The summed E-state index contributed by atoms with van der Waals surface area (Å²) in [5, 5.41) is 18.8. The van der Waals surface area contributed by atoms with E-state index in [0.29, 0.717) is 6.04 Å². The Balaban J connectivity index is 0.000000404. The number of aromatic nitrogens is 2. The van der Waals surface area contributed by atoms with Crippen LogP contribution in [0.2, 0.25) is 0 Å². The van der Waals surface area contributed by atoms with Crippen molar-refractivity contribution in [2.24, 2.45) is 0 Å². The van der Waals surface area contributed by atoms with Gasteiger partial charge in [0.25, 0.3) is 0 Å². The van der Waals surface area contributed by atoms with Gasteiger partial charge in [-0.05, 0) is 39.2 Å². The van der Waals surface area contributed by atoms with E-state index in [2.05, 4.69) is 51.9 Å². The number of rotatable bonds is 6. The number of para-hydroxylation sites is 1. The molecule has 1 atom stereocenters. The van der Waals surface area contributed by atoms with Gasteiger partial charge in [-0.1, -0.05) is 18.2 Å². The number of carboxylic acids is 2. The fourth-order valence-electron chi connectivity index (χ4n) is 3.28. The van der Waals surface area contributed by atoms with Crippen LogP contribution >= 0.6 is 0 Å². The van der Waals surface area contributed by atoms with Gasteiger partial charge < -0.3 is 19.8 Å². The van der Waals surface area contributed by atoms with Crippen LogP contribution < -0.4 is 4.74 Å². The Kier molecular flexibility index (Phi) is 11.9. The molecule has 37 heavy (non-hydrogen) atoms. The van der Waals surface area contributed by atoms with Gasteiger partial charge in [0.1, 0.15) is 5.75 Å². The second kappa shape index (κ2) is 13.8. The molecule has 2 heterocycles. The van der Waals surface area contributed by atoms with Crippen molar-refractivity contribution in [2.45, 2.75) is 37.9 Å². The second-order valence-corrected chi connectivity index (χ2v) is 8.10. The molecule has 0 radical (unpaired) electrons. The van der Waals surface area contributed by atoms with Gasteiger partial charge in [0, 0.05) is 31.4 Å². The van der Waals surface area contributed by atoms with Crippen LogP contribution in [-0.2, 0) is 22.7 Å². The normalized spacial score (nSPS) is 15.6. The molecular weight excluding hydrogens is 514 g/mol. The summed E-state index contributed by atoms with van der Waals surface area (Å²) in [5.74, 6) is -4.54. The SMILES string of the molecule is COc1ccccc1CN1Cc2ccnn2C(CCN(C)C)C1.O=C(O)C(F)(F)F.O=C(O)C(F)(F)F. The zero-order valence-corrected chi connectivity index (χ0v) is 20.3. The van der Waals surface area contributed by atoms with Gasteiger partial charge in [0.05, 0.1) is 18.8 Å². The first-order valence-corrected chi connectivity index (χ1v) is 10.7. The summed E-state index contributed by atoms with van der Waals surface area (Å²) in [4.78, 5) is 22.5. The number of alkyl halides is 6. The first kappa shape index (κ1) is 31.7. The molecule has 0 amide bonds. The van der Waals surface area contributed by atoms with Crippen LogP contribution in [0.4, 0.5) is 26.3 Å². The predicted octanol–water partition coefficient (Wildman–Crippen LogP) is 3.67. The number of halogens is 6. The second-order valence-electron chi connectivity index (χ2n) is 8.10. The monoisotopic (exact) mass is 542 g/mol. The van der Waals surface area contributed by atoms with Gasteiger partial charge >= 0.3 is 24.3 Å². The first-order valence-electron chi connectivity index (χ1n) is 10.7. The molecule has 1 aromatic carbocycles. The number of methoxy groups -OCH3 is 1. The van der Waals surface area contributed by atoms with Crippen LogP contribution in [-0.4, -0.2) is 88.4 Å². The van der Waals surface area contributed by atoms with E-state index in [0.717, 1.165) is 38.3 Å². The lowest BCUT2D eigenvalue weighted by Gasteiger charge is -2.34. The molecule has 0 fully saturated rings. The molecule has 2 aromatic rings. The van der Waals surface area contributed by atoms with Gasteiger partial charge in [-0.25, -0.2) is 9.59 Å². The third-order valence-electron chi connectivity index (χ3n) is 4.93. The van der Waals surface area contributed by atoms with E-state index in [4.69, 9.17) is 24.5 Å². The minimum absolute atomic E-state index is 0.436. The third-order valence-corrected chi connectivity index (χ3v) is 4.93. The van der Waals surface area contributed by atoms with Crippen LogP contribution in [0.1, 0.15) is 23.7 Å². The molecule has 0 bridgehead atoms. The Bertz CT molecular complexity index is 986. The van der Waals surface area contributed by atoms with E-state index in [1.807, 2.05) is 18.3 Å². The molecule has 1 aliphatic heterocycles. The third kappa shape index (κ3) is 11.1. The van der Waals surface area contributed by atoms with Crippen molar-refractivity contribution < 1.29 is 50.9 Å². The Hall–Kier alpha value is -3.33. The molecule has 1 aliphatic rings. The van der Waals surface area contributed by atoms with Crippen molar-refractivity contribution in [3.8, 4) is 5.75 Å². The summed E-state index contributed by atoms with van der Waals surface area (Å²) in [6.07, 6.45) is -7.13. The van der Waals surface area contributed by atoms with Crippen LogP contribution in [0.3, 0.4) is 0 Å². The largest absolute Gasteiger partial charge is 0.496 e. The highest BCUT2D eigenvalue weighted by atomic mass is 19.4. The van der Waals surface area contributed by atoms with Crippen molar-refractivity contribution in [3.05, 3.63) is 47.8 Å². The number of carboxylic acid groups (broad SMARTS) is 2. The molecule has 0 saturated carbocycles. The van der Waals surface area contributed by atoms with Crippen molar-refractivity contribution in [3.63, 3.8) is 0 Å². The van der Waals surface area contributed by atoms with E-state index < -0.39 is 24.3 Å². The van der Waals surface area contributed by atoms with Crippen molar-refractivity contribution in [1.82, 2.24) is 19.6 Å².